The Balaban J connectivity index is 1.89. The van der Waals surface area contributed by atoms with Crippen LogP contribution in [-0.2, 0) is 9.59 Å². The van der Waals surface area contributed by atoms with Crippen LogP contribution >= 0.6 is 15.9 Å². The molecule has 0 aromatic carbocycles. The fourth-order valence-corrected chi connectivity index (χ4v) is 6.53. The molecule has 3 rings (SSSR count). The smallest absolute Gasteiger partial charge is 0.228 e. The van der Waals surface area contributed by atoms with E-state index in [4.69, 9.17) is 0 Å². The van der Waals surface area contributed by atoms with Gasteiger partial charge in [0, 0.05) is 11.5 Å². The van der Waals surface area contributed by atoms with Crippen molar-refractivity contribution in [1.82, 2.24) is 5.32 Å². The summed E-state index contributed by atoms with van der Waals surface area (Å²) in [6, 6.07) is 0.304. The van der Waals surface area contributed by atoms with Gasteiger partial charge in [0.2, 0.25) is 5.91 Å². The van der Waals surface area contributed by atoms with Gasteiger partial charge < -0.3 is 5.32 Å². The molecule has 1 N–H and O–H groups in total. The first kappa shape index (κ1) is 15.5. The highest BCUT2D eigenvalue weighted by Crippen LogP contribution is 2.72. The molecule has 3 saturated carbocycles. The maximum absolute atomic E-state index is 13.1. The second-order valence-corrected chi connectivity index (χ2v) is 8.88. The molecular weight excluding hydrogens is 330 g/mol. The van der Waals surface area contributed by atoms with Crippen molar-refractivity contribution in [2.45, 2.75) is 76.6 Å². The maximum Gasteiger partial charge on any atom is 0.228 e. The fraction of sp³-hybridized carbons (Fsp3) is 0.882. The Hall–Kier alpha value is -0.380. The summed E-state index contributed by atoms with van der Waals surface area (Å²) in [7, 11) is 0. The van der Waals surface area contributed by atoms with Crippen LogP contribution in [0.5, 0.6) is 0 Å². The van der Waals surface area contributed by atoms with Crippen LogP contribution in [-0.4, -0.2) is 22.6 Å². The first-order valence-electron chi connectivity index (χ1n) is 8.27. The first-order valence-corrected chi connectivity index (χ1v) is 9.18. The van der Waals surface area contributed by atoms with Crippen LogP contribution in [0.25, 0.3) is 0 Å². The van der Waals surface area contributed by atoms with Gasteiger partial charge in [-0.3, -0.25) is 9.59 Å². The number of halogens is 1. The fourth-order valence-electron chi connectivity index (χ4n) is 5.02. The molecule has 3 atom stereocenters. The molecule has 0 unspecified atom stereocenters. The lowest BCUT2D eigenvalue weighted by atomic mass is 9.64. The van der Waals surface area contributed by atoms with Crippen molar-refractivity contribution in [3.05, 3.63) is 0 Å². The van der Waals surface area contributed by atoms with Crippen LogP contribution in [0.4, 0.5) is 0 Å². The molecule has 0 radical (unpaired) electrons. The average molecular weight is 356 g/mol. The molecule has 3 fully saturated rings. The van der Waals surface area contributed by atoms with Crippen LogP contribution < -0.4 is 5.32 Å². The summed E-state index contributed by atoms with van der Waals surface area (Å²) < 4.78 is 0. The molecule has 0 aliphatic heterocycles. The highest BCUT2D eigenvalue weighted by Gasteiger charge is 2.76. The number of fused-ring (bicyclic) bond motifs is 2. The Bertz CT molecular complexity index is 483. The molecule has 0 aromatic rings. The molecule has 0 saturated heterocycles. The molecule has 3 nitrogen and oxygen atoms in total. The summed E-state index contributed by atoms with van der Waals surface area (Å²) in [6.07, 6.45) is 7.50. The Labute approximate surface area is 135 Å². The number of nitrogens with one attached hydrogen (secondary N) is 1. The van der Waals surface area contributed by atoms with E-state index in [1.165, 1.54) is 19.3 Å². The third-order valence-electron chi connectivity index (χ3n) is 7.07. The van der Waals surface area contributed by atoms with Gasteiger partial charge in [0.1, 0.15) is 0 Å². The number of carbonyl (C=O) groups excluding carboxylic acids is 2. The Morgan fingerprint density at radius 3 is 2.29 bits per heavy atom. The normalized spacial score (nSPS) is 42.3. The van der Waals surface area contributed by atoms with E-state index in [1.54, 1.807) is 0 Å². The molecule has 118 valence electrons. The number of ketones is 1. The zero-order chi connectivity index (χ0) is 15.5. The van der Waals surface area contributed by atoms with Crippen molar-refractivity contribution >= 4 is 27.6 Å². The number of carbonyl (C=O) groups is 2. The van der Waals surface area contributed by atoms with Crippen molar-refractivity contribution in [3.63, 3.8) is 0 Å². The molecule has 0 spiro atoms. The van der Waals surface area contributed by atoms with Crippen molar-refractivity contribution in [2.75, 3.05) is 0 Å². The monoisotopic (exact) mass is 355 g/mol. The second kappa shape index (κ2) is 4.81. The van der Waals surface area contributed by atoms with Gasteiger partial charge in [0.15, 0.2) is 5.78 Å². The molecular formula is C17H26BrNO2. The Morgan fingerprint density at radius 1 is 1.14 bits per heavy atom. The van der Waals surface area contributed by atoms with Gasteiger partial charge in [-0.05, 0) is 31.1 Å². The van der Waals surface area contributed by atoms with Gasteiger partial charge >= 0.3 is 0 Å². The molecule has 2 bridgehead atoms. The zero-order valence-corrected chi connectivity index (χ0v) is 14.9. The maximum atomic E-state index is 13.1. The first-order chi connectivity index (χ1) is 9.77. The summed E-state index contributed by atoms with van der Waals surface area (Å²) in [5.74, 6) is 0.327. The minimum absolute atomic E-state index is 0.107. The highest BCUT2D eigenvalue weighted by molar-refractivity contribution is 9.10. The van der Waals surface area contributed by atoms with Gasteiger partial charge in [-0.15, -0.1) is 0 Å². The van der Waals surface area contributed by atoms with E-state index in [0.29, 0.717) is 6.04 Å². The van der Waals surface area contributed by atoms with Gasteiger partial charge in [-0.25, -0.2) is 0 Å². The van der Waals surface area contributed by atoms with Gasteiger partial charge in [-0.2, -0.15) is 0 Å². The van der Waals surface area contributed by atoms with Crippen LogP contribution in [0.1, 0.15) is 65.7 Å². The number of amides is 1. The highest BCUT2D eigenvalue weighted by atomic mass is 79.9. The molecule has 3 aliphatic rings. The topological polar surface area (TPSA) is 46.2 Å². The van der Waals surface area contributed by atoms with Crippen LogP contribution in [0.3, 0.4) is 0 Å². The quantitative estimate of drug-likeness (QED) is 0.769. The van der Waals surface area contributed by atoms with E-state index in [-0.39, 0.29) is 27.3 Å². The van der Waals surface area contributed by atoms with E-state index in [2.05, 4.69) is 35.1 Å². The lowest BCUT2D eigenvalue weighted by Gasteiger charge is -2.40. The average Bonchev–Trinajstić information content (AvgIpc) is 2.72. The number of alkyl halides is 1. The van der Waals surface area contributed by atoms with Crippen LogP contribution in [0, 0.1) is 16.2 Å². The third-order valence-corrected chi connectivity index (χ3v) is 8.26. The lowest BCUT2D eigenvalue weighted by Crippen LogP contribution is -2.53. The summed E-state index contributed by atoms with van der Waals surface area (Å²) in [6.45, 7) is 6.27. The minimum atomic E-state index is -0.573. The Morgan fingerprint density at radius 2 is 1.76 bits per heavy atom. The molecule has 1 amide bonds. The summed E-state index contributed by atoms with van der Waals surface area (Å²) in [4.78, 5) is 25.5. The van der Waals surface area contributed by atoms with Gasteiger partial charge in [-0.1, -0.05) is 56.0 Å². The van der Waals surface area contributed by atoms with Crippen molar-refractivity contribution in [3.8, 4) is 0 Å². The molecule has 0 heterocycles. The number of hydrogen-bond acceptors (Lipinski definition) is 2. The summed E-state index contributed by atoms with van der Waals surface area (Å²) in [5, 5.41) is 3.28. The van der Waals surface area contributed by atoms with E-state index < -0.39 is 5.41 Å². The molecule has 0 aromatic heterocycles. The van der Waals surface area contributed by atoms with E-state index in [0.717, 1.165) is 25.7 Å². The lowest BCUT2D eigenvalue weighted by molar-refractivity contribution is -0.136. The molecule has 3 aliphatic carbocycles. The second-order valence-electron chi connectivity index (χ2n) is 7.96. The summed E-state index contributed by atoms with van der Waals surface area (Å²) >= 11 is 3.58. The minimum Gasteiger partial charge on any atom is -0.353 e. The SMILES string of the molecule is CC1(C)[C@@]2(C)CC[C@]1(C(=O)NC1CCCCC1)[C@H](Br)C2=O. The van der Waals surface area contributed by atoms with Gasteiger partial charge in [0.25, 0.3) is 0 Å². The predicted octanol–water partition coefficient (Wildman–Crippen LogP) is 3.59. The van der Waals surface area contributed by atoms with Crippen molar-refractivity contribution < 1.29 is 9.59 Å². The summed E-state index contributed by atoms with van der Waals surface area (Å²) in [5.41, 5.74) is -1.23. The molecule has 21 heavy (non-hydrogen) atoms. The van der Waals surface area contributed by atoms with E-state index >= 15 is 0 Å². The van der Waals surface area contributed by atoms with Crippen LogP contribution in [0.15, 0.2) is 0 Å². The largest absolute Gasteiger partial charge is 0.353 e. The number of hydrogen-bond donors (Lipinski definition) is 1. The number of rotatable bonds is 2. The zero-order valence-electron chi connectivity index (χ0n) is 13.3. The van der Waals surface area contributed by atoms with Crippen LogP contribution in [0.2, 0.25) is 0 Å². The van der Waals surface area contributed by atoms with Crippen molar-refractivity contribution in [2.24, 2.45) is 16.2 Å². The third kappa shape index (κ3) is 1.77. The Kier molecular flexibility index (Phi) is 3.55. The predicted molar refractivity (Wildman–Crippen MR) is 86.3 cm³/mol. The molecule has 4 heteroatoms. The standard InChI is InChI=1S/C17H26BrNO2/c1-15(2)16(3)9-10-17(15,12(18)13(16)20)14(21)19-11-7-5-4-6-8-11/h11-12H,4-10H2,1-3H3,(H,19,21)/t12-,16+,17-/m1/s1. The van der Waals surface area contributed by atoms with E-state index in [9.17, 15) is 9.59 Å². The van der Waals surface area contributed by atoms with Crippen molar-refractivity contribution in [1.29, 1.82) is 0 Å². The number of Topliss-reactive ketones (excluding diaryl/α,β-unsaturated/α-hetero) is 1. The van der Waals surface area contributed by atoms with Gasteiger partial charge in [0.05, 0.1) is 10.2 Å². The van der Waals surface area contributed by atoms with E-state index in [1.807, 2.05) is 6.92 Å².